The summed E-state index contributed by atoms with van der Waals surface area (Å²) in [6.07, 6.45) is 0. The highest BCUT2D eigenvalue weighted by atomic mass is 19.1. The number of nitrogens with zero attached hydrogens (tertiary/aromatic N) is 1. The van der Waals surface area contributed by atoms with Gasteiger partial charge in [0.2, 0.25) is 0 Å². The molecule has 0 aliphatic heterocycles. The van der Waals surface area contributed by atoms with Crippen LogP contribution >= 0.6 is 0 Å². The molecule has 2 nitrogen and oxygen atoms in total. The Bertz CT molecular complexity index is 564. The lowest BCUT2D eigenvalue weighted by molar-refractivity contribution is 0.612. The molecule has 1 N–H and O–H groups in total. The standard InChI is InChI=1S/C16H19FN2/c1-12-8-9-14(17)13(10-12)11-18-15-6-4-5-7-16(15)19(2)3/h4-10,18H,11H2,1-3H3. The minimum Gasteiger partial charge on any atom is -0.379 e. The van der Waals surface area contributed by atoms with E-state index in [9.17, 15) is 4.39 Å². The molecule has 0 aromatic heterocycles. The molecule has 0 atom stereocenters. The molecular weight excluding hydrogens is 239 g/mol. The molecular formula is C16H19FN2. The van der Waals surface area contributed by atoms with Crippen LogP contribution in [0.4, 0.5) is 15.8 Å². The summed E-state index contributed by atoms with van der Waals surface area (Å²) in [5, 5.41) is 3.30. The van der Waals surface area contributed by atoms with E-state index in [2.05, 4.69) is 5.32 Å². The SMILES string of the molecule is Cc1ccc(F)c(CNc2ccccc2N(C)C)c1. The van der Waals surface area contributed by atoms with Gasteiger partial charge in [0.1, 0.15) is 5.82 Å². The minimum atomic E-state index is -0.166. The number of hydrogen-bond acceptors (Lipinski definition) is 2. The van der Waals surface area contributed by atoms with Gasteiger partial charge >= 0.3 is 0 Å². The molecule has 2 aromatic carbocycles. The van der Waals surface area contributed by atoms with Crippen molar-refractivity contribution in [1.29, 1.82) is 0 Å². The van der Waals surface area contributed by atoms with Gasteiger partial charge in [-0.2, -0.15) is 0 Å². The molecule has 0 radical (unpaired) electrons. The average Bonchev–Trinajstić information content (AvgIpc) is 2.40. The highest BCUT2D eigenvalue weighted by Gasteiger charge is 2.05. The Kier molecular flexibility index (Phi) is 4.05. The van der Waals surface area contributed by atoms with Crippen LogP contribution in [0.5, 0.6) is 0 Å². The first-order chi connectivity index (χ1) is 9.08. The van der Waals surface area contributed by atoms with Gasteiger partial charge in [-0.05, 0) is 25.1 Å². The lowest BCUT2D eigenvalue weighted by Gasteiger charge is -2.18. The topological polar surface area (TPSA) is 15.3 Å². The third-order valence-electron chi connectivity index (χ3n) is 3.06. The quantitative estimate of drug-likeness (QED) is 0.897. The molecule has 0 saturated heterocycles. The number of aryl methyl sites for hydroxylation is 1. The highest BCUT2D eigenvalue weighted by Crippen LogP contribution is 2.24. The first-order valence-corrected chi connectivity index (χ1v) is 6.33. The fourth-order valence-electron chi connectivity index (χ4n) is 2.04. The molecule has 3 heteroatoms. The number of nitrogens with one attached hydrogen (secondary N) is 1. The molecule has 0 heterocycles. The maximum absolute atomic E-state index is 13.7. The van der Waals surface area contributed by atoms with E-state index in [0.717, 1.165) is 16.9 Å². The molecule has 0 unspecified atom stereocenters. The second kappa shape index (κ2) is 5.74. The van der Waals surface area contributed by atoms with Crippen molar-refractivity contribution in [2.24, 2.45) is 0 Å². The Balaban J connectivity index is 2.17. The summed E-state index contributed by atoms with van der Waals surface area (Å²) in [4.78, 5) is 2.04. The van der Waals surface area contributed by atoms with Crippen molar-refractivity contribution in [3.8, 4) is 0 Å². The van der Waals surface area contributed by atoms with Crippen molar-refractivity contribution in [3.05, 3.63) is 59.4 Å². The van der Waals surface area contributed by atoms with Crippen LogP contribution < -0.4 is 10.2 Å². The first kappa shape index (κ1) is 13.4. The van der Waals surface area contributed by atoms with Crippen LogP contribution in [-0.4, -0.2) is 14.1 Å². The van der Waals surface area contributed by atoms with Gasteiger partial charge in [-0.3, -0.25) is 0 Å². The molecule has 0 bridgehead atoms. The van der Waals surface area contributed by atoms with Gasteiger partial charge in [-0.1, -0.05) is 29.8 Å². The van der Waals surface area contributed by atoms with Crippen LogP contribution in [0.15, 0.2) is 42.5 Å². The monoisotopic (exact) mass is 258 g/mol. The summed E-state index contributed by atoms with van der Waals surface area (Å²) in [5.41, 5.74) is 3.86. The van der Waals surface area contributed by atoms with Crippen molar-refractivity contribution in [3.63, 3.8) is 0 Å². The van der Waals surface area contributed by atoms with Gasteiger partial charge in [0.15, 0.2) is 0 Å². The lowest BCUT2D eigenvalue weighted by Crippen LogP contribution is -2.12. The number of anilines is 2. The van der Waals surface area contributed by atoms with E-state index in [4.69, 9.17) is 0 Å². The largest absolute Gasteiger partial charge is 0.379 e. The number of hydrogen-bond donors (Lipinski definition) is 1. The van der Waals surface area contributed by atoms with E-state index < -0.39 is 0 Å². The van der Waals surface area contributed by atoms with Crippen LogP contribution in [0.1, 0.15) is 11.1 Å². The molecule has 0 aliphatic rings. The number of rotatable bonds is 4. The molecule has 19 heavy (non-hydrogen) atoms. The zero-order valence-electron chi connectivity index (χ0n) is 11.6. The van der Waals surface area contributed by atoms with E-state index in [0.29, 0.717) is 12.1 Å². The third-order valence-corrected chi connectivity index (χ3v) is 3.06. The van der Waals surface area contributed by atoms with E-state index in [1.807, 2.05) is 56.3 Å². The zero-order chi connectivity index (χ0) is 13.8. The number of halogens is 1. The molecule has 0 spiro atoms. The second-order valence-corrected chi connectivity index (χ2v) is 4.86. The zero-order valence-corrected chi connectivity index (χ0v) is 11.6. The number of para-hydroxylation sites is 2. The Morgan fingerprint density at radius 2 is 1.84 bits per heavy atom. The molecule has 0 amide bonds. The molecule has 2 aromatic rings. The summed E-state index contributed by atoms with van der Waals surface area (Å²) in [6, 6.07) is 13.2. The van der Waals surface area contributed by atoms with Crippen molar-refractivity contribution >= 4 is 11.4 Å². The lowest BCUT2D eigenvalue weighted by atomic mass is 10.1. The fourth-order valence-corrected chi connectivity index (χ4v) is 2.04. The summed E-state index contributed by atoms with van der Waals surface area (Å²) in [7, 11) is 3.99. The molecule has 2 rings (SSSR count). The van der Waals surface area contributed by atoms with Gasteiger partial charge in [0, 0.05) is 26.2 Å². The number of benzene rings is 2. The molecule has 100 valence electrons. The normalized spacial score (nSPS) is 10.3. The summed E-state index contributed by atoms with van der Waals surface area (Å²) >= 11 is 0. The summed E-state index contributed by atoms with van der Waals surface area (Å²) < 4.78 is 13.7. The molecule has 0 saturated carbocycles. The predicted molar refractivity (Wildman–Crippen MR) is 79.2 cm³/mol. The van der Waals surface area contributed by atoms with Crippen molar-refractivity contribution < 1.29 is 4.39 Å². The van der Waals surface area contributed by atoms with Crippen molar-refractivity contribution in [2.75, 3.05) is 24.3 Å². The smallest absolute Gasteiger partial charge is 0.128 e. The summed E-state index contributed by atoms with van der Waals surface area (Å²) in [5.74, 6) is -0.166. The van der Waals surface area contributed by atoms with Crippen LogP contribution in [0.2, 0.25) is 0 Å². The van der Waals surface area contributed by atoms with Gasteiger partial charge in [-0.15, -0.1) is 0 Å². The Hall–Kier alpha value is -2.03. The molecule has 0 aliphatic carbocycles. The predicted octanol–water partition coefficient (Wildman–Crippen LogP) is 3.81. The summed E-state index contributed by atoms with van der Waals surface area (Å²) in [6.45, 7) is 2.45. The van der Waals surface area contributed by atoms with Crippen LogP contribution in [0, 0.1) is 12.7 Å². The maximum atomic E-state index is 13.7. The van der Waals surface area contributed by atoms with E-state index in [-0.39, 0.29) is 5.82 Å². The van der Waals surface area contributed by atoms with Crippen molar-refractivity contribution in [1.82, 2.24) is 0 Å². The van der Waals surface area contributed by atoms with Gasteiger partial charge in [0.25, 0.3) is 0 Å². The fraction of sp³-hybridized carbons (Fsp3) is 0.250. The average molecular weight is 258 g/mol. The van der Waals surface area contributed by atoms with E-state index >= 15 is 0 Å². The minimum absolute atomic E-state index is 0.166. The second-order valence-electron chi connectivity index (χ2n) is 4.86. The Morgan fingerprint density at radius 1 is 1.11 bits per heavy atom. The van der Waals surface area contributed by atoms with Gasteiger partial charge in [-0.25, -0.2) is 4.39 Å². The highest BCUT2D eigenvalue weighted by molar-refractivity contribution is 5.69. The van der Waals surface area contributed by atoms with Crippen molar-refractivity contribution in [2.45, 2.75) is 13.5 Å². The van der Waals surface area contributed by atoms with Gasteiger partial charge < -0.3 is 10.2 Å². The van der Waals surface area contributed by atoms with Crippen LogP contribution in [-0.2, 0) is 6.54 Å². The van der Waals surface area contributed by atoms with Crippen LogP contribution in [0.25, 0.3) is 0 Å². The Morgan fingerprint density at radius 3 is 2.58 bits per heavy atom. The maximum Gasteiger partial charge on any atom is 0.128 e. The first-order valence-electron chi connectivity index (χ1n) is 6.33. The molecule has 0 fully saturated rings. The third kappa shape index (κ3) is 3.25. The van der Waals surface area contributed by atoms with E-state index in [1.54, 1.807) is 6.07 Å². The van der Waals surface area contributed by atoms with Crippen LogP contribution in [0.3, 0.4) is 0 Å². The Labute approximate surface area is 113 Å². The van der Waals surface area contributed by atoms with E-state index in [1.165, 1.54) is 6.07 Å². The van der Waals surface area contributed by atoms with Gasteiger partial charge in [0.05, 0.1) is 11.4 Å².